The van der Waals surface area contributed by atoms with Gasteiger partial charge in [-0.1, -0.05) is 24.6 Å². The third-order valence-corrected chi connectivity index (χ3v) is 4.30. The van der Waals surface area contributed by atoms with Gasteiger partial charge in [0.15, 0.2) is 0 Å². The summed E-state index contributed by atoms with van der Waals surface area (Å²) < 4.78 is 29.4. The van der Waals surface area contributed by atoms with Crippen molar-refractivity contribution in [2.24, 2.45) is 11.0 Å². The van der Waals surface area contributed by atoms with E-state index in [1.165, 1.54) is 0 Å². The van der Waals surface area contributed by atoms with Crippen LogP contribution in [0.25, 0.3) is 0 Å². The Morgan fingerprint density at radius 2 is 2.00 bits per heavy atom. The van der Waals surface area contributed by atoms with Crippen LogP contribution in [-0.2, 0) is 14.8 Å². The maximum absolute atomic E-state index is 12.0. The molecule has 1 aliphatic heterocycles. The first kappa shape index (κ1) is 14.0. The molecular weight excluding hydrogens is 264 g/mol. The van der Waals surface area contributed by atoms with Gasteiger partial charge < -0.3 is 4.74 Å². The molecule has 1 aromatic rings. The van der Waals surface area contributed by atoms with Crippen LogP contribution in [0, 0.1) is 12.8 Å². The lowest BCUT2D eigenvalue weighted by Crippen LogP contribution is -2.29. The highest BCUT2D eigenvalue weighted by Gasteiger charge is 2.18. The predicted molar refractivity (Wildman–Crippen MR) is 73.5 cm³/mol. The molecular formula is C13H18N2O3S. The first-order chi connectivity index (χ1) is 8.99. The minimum atomic E-state index is -3.58. The quantitative estimate of drug-likeness (QED) is 0.858. The van der Waals surface area contributed by atoms with Crippen LogP contribution in [-0.4, -0.2) is 27.3 Å². The minimum absolute atomic E-state index is 0.148. The summed E-state index contributed by atoms with van der Waals surface area (Å²) in [6.07, 6.45) is 0.664. The van der Waals surface area contributed by atoms with Gasteiger partial charge in [-0.2, -0.15) is 13.5 Å². The van der Waals surface area contributed by atoms with Gasteiger partial charge >= 0.3 is 0 Å². The van der Waals surface area contributed by atoms with E-state index in [9.17, 15) is 8.42 Å². The second-order valence-electron chi connectivity index (χ2n) is 4.74. The van der Waals surface area contributed by atoms with Gasteiger partial charge in [0.2, 0.25) is 0 Å². The third-order valence-electron chi connectivity index (χ3n) is 3.08. The number of hydrazone groups is 1. The van der Waals surface area contributed by atoms with Gasteiger partial charge in [-0.25, -0.2) is 4.83 Å². The van der Waals surface area contributed by atoms with E-state index in [4.69, 9.17) is 4.74 Å². The number of sulfonamides is 1. The highest BCUT2D eigenvalue weighted by Crippen LogP contribution is 2.12. The maximum atomic E-state index is 12.0. The molecule has 1 heterocycles. The van der Waals surface area contributed by atoms with Gasteiger partial charge in [-0.15, -0.1) is 0 Å². The molecule has 0 spiro atoms. The van der Waals surface area contributed by atoms with E-state index < -0.39 is 10.0 Å². The number of hydrogen-bond acceptors (Lipinski definition) is 4. The third kappa shape index (κ3) is 3.54. The van der Waals surface area contributed by atoms with Crippen LogP contribution in [0.1, 0.15) is 18.9 Å². The number of nitrogens with one attached hydrogen (secondary N) is 1. The lowest BCUT2D eigenvalue weighted by Gasteiger charge is -2.20. The van der Waals surface area contributed by atoms with Gasteiger partial charge in [-0.05, 0) is 19.1 Å². The summed E-state index contributed by atoms with van der Waals surface area (Å²) in [7, 11) is -3.58. The molecule has 1 saturated heterocycles. The number of rotatable bonds is 3. The molecule has 1 aliphatic rings. The summed E-state index contributed by atoms with van der Waals surface area (Å²) in [6.45, 7) is 5.06. The number of nitrogens with zero attached hydrogens (tertiary/aromatic N) is 1. The normalized spacial score (nSPS) is 22.4. The largest absolute Gasteiger partial charge is 0.380 e. The Hall–Kier alpha value is -1.40. The van der Waals surface area contributed by atoms with Crippen LogP contribution < -0.4 is 4.83 Å². The fraction of sp³-hybridized carbons (Fsp3) is 0.462. The Labute approximate surface area is 113 Å². The summed E-state index contributed by atoms with van der Waals surface area (Å²) >= 11 is 0. The molecule has 0 aliphatic carbocycles. The summed E-state index contributed by atoms with van der Waals surface area (Å²) in [6, 6.07) is 6.67. The van der Waals surface area contributed by atoms with Crippen molar-refractivity contribution in [2.75, 3.05) is 13.2 Å². The number of hydrogen-bond donors (Lipinski definition) is 1. The zero-order valence-corrected chi connectivity index (χ0v) is 11.9. The molecule has 2 rings (SSSR count). The average molecular weight is 282 g/mol. The molecule has 0 bridgehead atoms. The molecule has 1 N–H and O–H groups in total. The van der Waals surface area contributed by atoms with Crippen molar-refractivity contribution >= 4 is 15.7 Å². The molecule has 1 atom stereocenters. The zero-order chi connectivity index (χ0) is 13.9. The van der Waals surface area contributed by atoms with E-state index in [2.05, 4.69) is 9.93 Å². The number of benzene rings is 1. The van der Waals surface area contributed by atoms with Crippen molar-refractivity contribution < 1.29 is 13.2 Å². The van der Waals surface area contributed by atoms with Crippen LogP contribution in [0.2, 0.25) is 0 Å². The molecule has 0 aromatic heterocycles. The summed E-state index contributed by atoms with van der Waals surface area (Å²) in [5.41, 5.74) is 1.85. The van der Waals surface area contributed by atoms with E-state index in [0.717, 1.165) is 11.3 Å². The maximum Gasteiger partial charge on any atom is 0.276 e. The molecule has 6 heteroatoms. The van der Waals surface area contributed by atoms with E-state index >= 15 is 0 Å². The van der Waals surface area contributed by atoms with Crippen LogP contribution >= 0.6 is 0 Å². The van der Waals surface area contributed by atoms with E-state index in [0.29, 0.717) is 19.6 Å². The van der Waals surface area contributed by atoms with Gasteiger partial charge in [0.25, 0.3) is 10.0 Å². The minimum Gasteiger partial charge on any atom is -0.380 e. The number of ether oxygens (including phenoxy) is 1. The van der Waals surface area contributed by atoms with Gasteiger partial charge in [-0.3, -0.25) is 0 Å². The van der Waals surface area contributed by atoms with Crippen molar-refractivity contribution in [1.82, 2.24) is 4.83 Å². The molecule has 1 unspecified atom stereocenters. The monoisotopic (exact) mass is 282 g/mol. The molecule has 104 valence electrons. The van der Waals surface area contributed by atoms with Gasteiger partial charge in [0.05, 0.1) is 18.1 Å². The Balaban J connectivity index is 2.13. The smallest absolute Gasteiger partial charge is 0.276 e. The molecule has 1 aromatic carbocycles. The Bertz CT molecular complexity index is 564. The van der Waals surface area contributed by atoms with E-state index in [1.54, 1.807) is 24.3 Å². The molecule has 0 amide bonds. The van der Waals surface area contributed by atoms with Crippen LogP contribution in [0.15, 0.2) is 34.3 Å². The molecule has 1 fully saturated rings. The predicted octanol–water partition coefficient (Wildman–Crippen LogP) is 1.69. The number of aryl methyl sites for hydroxylation is 1. The zero-order valence-electron chi connectivity index (χ0n) is 11.1. The molecule has 0 radical (unpaired) electrons. The van der Waals surface area contributed by atoms with Gasteiger partial charge in [0, 0.05) is 18.1 Å². The van der Waals surface area contributed by atoms with Crippen molar-refractivity contribution in [3.05, 3.63) is 29.8 Å². The summed E-state index contributed by atoms with van der Waals surface area (Å²) in [5, 5.41) is 4.03. The van der Waals surface area contributed by atoms with Crippen molar-refractivity contribution in [3.63, 3.8) is 0 Å². The summed E-state index contributed by atoms with van der Waals surface area (Å²) in [5.74, 6) is 0.148. The van der Waals surface area contributed by atoms with Crippen molar-refractivity contribution in [3.8, 4) is 0 Å². The fourth-order valence-corrected chi connectivity index (χ4v) is 2.67. The standard InChI is InChI=1S/C13H18N2O3S/c1-10-3-5-12(6-4-10)19(16,17)15-14-13-7-8-18-9-11(13)2/h3-6,11,15H,7-9H2,1-2H3. The molecule has 19 heavy (non-hydrogen) atoms. The second-order valence-corrected chi connectivity index (χ2v) is 6.40. The Morgan fingerprint density at radius 1 is 1.32 bits per heavy atom. The van der Waals surface area contributed by atoms with Crippen molar-refractivity contribution in [2.45, 2.75) is 25.2 Å². The van der Waals surface area contributed by atoms with E-state index in [-0.39, 0.29) is 10.8 Å². The fourth-order valence-electron chi connectivity index (χ4n) is 1.83. The second kappa shape index (κ2) is 5.71. The Morgan fingerprint density at radius 3 is 2.63 bits per heavy atom. The molecule has 5 nitrogen and oxygen atoms in total. The first-order valence-electron chi connectivity index (χ1n) is 6.22. The van der Waals surface area contributed by atoms with Gasteiger partial charge in [0.1, 0.15) is 0 Å². The van der Waals surface area contributed by atoms with Crippen LogP contribution in [0.5, 0.6) is 0 Å². The first-order valence-corrected chi connectivity index (χ1v) is 7.70. The Kier molecular flexibility index (Phi) is 4.21. The topological polar surface area (TPSA) is 67.8 Å². The molecule has 0 saturated carbocycles. The van der Waals surface area contributed by atoms with Crippen LogP contribution in [0.3, 0.4) is 0 Å². The van der Waals surface area contributed by atoms with Crippen molar-refractivity contribution in [1.29, 1.82) is 0 Å². The highest BCUT2D eigenvalue weighted by molar-refractivity contribution is 7.89. The highest BCUT2D eigenvalue weighted by atomic mass is 32.2. The lowest BCUT2D eigenvalue weighted by molar-refractivity contribution is 0.110. The van der Waals surface area contributed by atoms with E-state index in [1.807, 2.05) is 13.8 Å². The lowest BCUT2D eigenvalue weighted by atomic mass is 10.0. The SMILES string of the molecule is Cc1ccc(S(=O)(=O)NN=C2CCOCC2C)cc1. The summed E-state index contributed by atoms with van der Waals surface area (Å²) in [4.78, 5) is 2.52. The average Bonchev–Trinajstić information content (AvgIpc) is 2.38. The van der Waals surface area contributed by atoms with Crippen LogP contribution in [0.4, 0.5) is 0 Å².